The molecule has 2 nitrogen and oxygen atoms in total. The zero-order chi connectivity index (χ0) is 14.4. The molecule has 0 bridgehead atoms. The third-order valence-corrected chi connectivity index (χ3v) is 4.91. The van der Waals surface area contributed by atoms with Crippen LogP contribution in [0.25, 0.3) is 0 Å². The molecule has 0 radical (unpaired) electrons. The molecule has 1 fully saturated rings. The van der Waals surface area contributed by atoms with Gasteiger partial charge in [-0.25, -0.2) is 0 Å². The molecule has 1 aliphatic carbocycles. The molecule has 2 rings (SSSR count). The first kappa shape index (κ1) is 15.5. The van der Waals surface area contributed by atoms with E-state index >= 15 is 0 Å². The van der Waals surface area contributed by atoms with Crippen molar-refractivity contribution in [2.75, 3.05) is 19.6 Å². The number of aliphatic hydroxyl groups is 1. The Bertz CT molecular complexity index is 380. The number of rotatable bonds is 6. The maximum atomic E-state index is 11.2. The molecule has 0 aromatic heterocycles. The summed E-state index contributed by atoms with van der Waals surface area (Å²) >= 11 is 0. The van der Waals surface area contributed by atoms with Gasteiger partial charge >= 0.3 is 0 Å². The molecule has 0 saturated heterocycles. The smallest absolute Gasteiger partial charge is 0.0728 e. The molecule has 1 atom stereocenters. The number of hydrogen-bond acceptors (Lipinski definition) is 2. The molecule has 0 aliphatic heterocycles. The van der Waals surface area contributed by atoms with Crippen molar-refractivity contribution in [3.05, 3.63) is 35.9 Å². The van der Waals surface area contributed by atoms with Crippen LogP contribution in [0.2, 0.25) is 0 Å². The molecular formula is C18H29NO. The van der Waals surface area contributed by atoms with Crippen LogP contribution in [-0.2, 0) is 0 Å². The van der Waals surface area contributed by atoms with Crippen LogP contribution >= 0.6 is 0 Å². The van der Waals surface area contributed by atoms with E-state index in [1.165, 1.54) is 12.0 Å². The van der Waals surface area contributed by atoms with Gasteiger partial charge in [-0.2, -0.15) is 0 Å². The average molecular weight is 275 g/mol. The Morgan fingerprint density at radius 3 is 2.20 bits per heavy atom. The van der Waals surface area contributed by atoms with E-state index in [2.05, 4.69) is 49.1 Å². The molecule has 1 unspecified atom stereocenters. The Hall–Kier alpha value is -0.860. The zero-order valence-electron chi connectivity index (χ0n) is 13.0. The Labute approximate surface area is 123 Å². The van der Waals surface area contributed by atoms with Crippen LogP contribution in [0.4, 0.5) is 0 Å². The van der Waals surface area contributed by atoms with E-state index in [0.717, 1.165) is 45.3 Å². The number of benzene rings is 1. The van der Waals surface area contributed by atoms with Crippen molar-refractivity contribution in [1.82, 2.24) is 4.90 Å². The topological polar surface area (TPSA) is 23.5 Å². The Morgan fingerprint density at radius 1 is 1.05 bits per heavy atom. The highest BCUT2D eigenvalue weighted by atomic mass is 16.3. The molecule has 2 heteroatoms. The van der Waals surface area contributed by atoms with Crippen LogP contribution in [0.1, 0.15) is 57.4 Å². The summed E-state index contributed by atoms with van der Waals surface area (Å²) in [4.78, 5) is 2.43. The molecule has 1 aromatic carbocycles. The van der Waals surface area contributed by atoms with E-state index in [0.29, 0.717) is 0 Å². The Morgan fingerprint density at radius 2 is 1.65 bits per heavy atom. The predicted molar refractivity (Wildman–Crippen MR) is 85.0 cm³/mol. The minimum Gasteiger partial charge on any atom is -0.389 e. The normalized spacial score (nSPS) is 20.0. The monoisotopic (exact) mass is 275 g/mol. The van der Waals surface area contributed by atoms with E-state index in [4.69, 9.17) is 0 Å². The maximum Gasteiger partial charge on any atom is 0.0728 e. The van der Waals surface area contributed by atoms with Crippen LogP contribution in [-0.4, -0.2) is 35.2 Å². The van der Waals surface area contributed by atoms with E-state index in [1.807, 2.05) is 0 Å². The van der Waals surface area contributed by atoms with Crippen LogP contribution in [0.15, 0.2) is 30.3 Å². The van der Waals surface area contributed by atoms with E-state index in [-0.39, 0.29) is 5.92 Å². The van der Waals surface area contributed by atoms with Crippen LogP contribution in [0, 0.1) is 0 Å². The minimum absolute atomic E-state index is 0.240. The summed E-state index contributed by atoms with van der Waals surface area (Å²) in [6.07, 6.45) is 5.51. The van der Waals surface area contributed by atoms with E-state index in [9.17, 15) is 5.11 Å². The first-order valence-electron chi connectivity index (χ1n) is 8.19. The first-order chi connectivity index (χ1) is 9.69. The van der Waals surface area contributed by atoms with Gasteiger partial charge in [-0.05, 0) is 31.5 Å². The largest absolute Gasteiger partial charge is 0.389 e. The number of nitrogens with zero attached hydrogens (tertiary/aromatic N) is 1. The zero-order valence-corrected chi connectivity index (χ0v) is 13.0. The van der Waals surface area contributed by atoms with Gasteiger partial charge in [0.1, 0.15) is 0 Å². The van der Waals surface area contributed by atoms with Crippen molar-refractivity contribution in [2.45, 2.75) is 57.5 Å². The maximum absolute atomic E-state index is 11.2. The van der Waals surface area contributed by atoms with E-state index in [1.54, 1.807) is 0 Å². The fraction of sp³-hybridized carbons (Fsp3) is 0.667. The van der Waals surface area contributed by atoms with Crippen LogP contribution < -0.4 is 0 Å². The summed E-state index contributed by atoms with van der Waals surface area (Å²) in [7, 11) is 0. The summed E-state index contributed by atoms with van der Waals surface area (Å²) in [6.45, 7) is 7.48. The lowest BCUT2D eigenvalue weighted by Gasteiger charge is -2.41. The van der Waals surface area contributed by atoms with Gasteiger partial charge in [0.25, 0.3) is 0 Å². The molecule has 1 N–H and O–H groups in total. The van der Waals surface area contributed by atoms with Gasteiger partial charge in [-0.3, -0.25) is 0 Å². The van der Waals surface area contributed by atoms with Crippen molar-refractivity contribution >= 4 is 0 Å². The number of likely N-dealkylation sites (N-methyl/N-ethyl adjacent to an activating group) is 1. The quantitative estimate of drug-likeness (QED) is 0.853. The van der Waals surface area contributed by atoms with Gasteiger partial charge in [-0.15, -0.1) is 0 Å². The highest BCUT2D eigenvalue weighted by molar-refractivity contribution is 5.24. The lowest BCUT2D eigenvalue weighted by atomic mass is 9.72. The Balaban J connectivity index is 2.23. The van der Waals surface area contributed by atoms with Crippen molar-refractivity contribution in [1.29, 1.82) is 0 Å². The predicted octanol–water partition coefficient (Wildman–Crippen LogP) is 3.81. The summed E-state index contributed by atoms with van der Waals surface area (Å²) in [5.74, 6) is 0.240. The molecular weight excluding hydrogens is 246 g/mol. The van der Waals surface area contributed by atoms with Crippen molar-refractivity contribution in [3.63, 3.8) is 0 Å². The second kappa shape index (κ2) is 7.24. The molecule has 1 saturated carbocycles. The van der Waals surface area contributed by atoms with Crippen molar-refractivity contribution < 1.29 is 5.11 Å². The fourth-order valence-electron chi connectivity index (χ4n) is 3.52. The fourth-order valence-corrected chi connectivity index (χ4v) is 3.52. The molecule has 1 aromatic rings. The van der Waals surface area contributed by atoms with Gasteiger partial charge < -0.3 is 10.0 Å². The highest BCUT2D eigenvalue weighted by Gasteiger charge is 2.39. The second-order valence-corrected chi connectivity index (χ2v) is 6.11. The third kappa shape index (κ3) is 3.62. The molecule has 0 spiro atoms. The highest BCUT2D eigenvalue weighted by Crippen LogP contribution is 2.40. The van der Waals surface area contributed by atoms with Gasteiger partial charge in [0, 0.05) is 12.5 Å². The molecule has 20 heavy (non-hydrogen) atoms. The lowest BCUT2D eigenvalue weighted by molar-refractivity contribution is -0.0302. The molecule has 1 aliphatic rings. The van der Waals surface area contributed by atoms with Gasteiger partial charge in [0.2, 0.25) is 0 Å². The van der Waals surface area contributed by atoms with E-state index < -0.39 is 5.60 Å². The minimum atomic E-state index is -0.512. The standard InChI is InChI=1S/C18H29NO/c1-3-19(4-2)15-17(16-11-7-5-8-12-16)18(20)13-9-6-10-14-18/h5,7-8,11-12,17,20H,3-4,6,9-10,13-15H2,1-2H3. The van der Waals surface area contributed by atoms with Crippen molar-refractivity contribution in [2.24, 2.45) is 0 Å². The third-order valence-electron chi connectivity index (χ3n) is 4.91. The van der Waals surface area contributed by atoms with Crippen molar-refractivity contribution in [3.8, 4) is 0 Å². The van der Waals surface area contributed by atoms with Crippen LogP contribution in [0.5, 0.6) is 0 Å². The van der Waals surface area contributed by atoms with Gasteiger partial charge in [0.15, 0.2) is 0 Å². The lowest BCUT2D eigenvalue weighted by Crippen LogP contribution is -2.44. The van der Waals surface area contributed by atoms with Gasteiger partial charge in [0.05, 0.1) is 5.60 Å². The van der Waals surface area contributed by atoms with Gasteiger partial charge in [-0.1, -0.05) is 63.4 Å². The summed E-state index contributed by atoms with van der Waals surface area (Å²) in [6, 6.07) is 10.6. The SMILES string of the molecule is CCN(CC)CC(c1ccccc1)C1(O)CCCCC1. The Kier molecular flexibility index (Phi) is 5.62. The average Bonchev–Trinajstić information content (AvgIpc) is 2.50. The second-order valence-electron chi connectivity index (χ2n) is 6.11. The summed E-state index contributed by atoms with van der Waals surface area (Å²) in [5.41, 5.74) is 0.783. The van der Waals surface area contributed by atoms with Crippen LogP contribution in [0.3, 0.4) is 0 Å². The first-order valence-corrected chi connectivity index (χ1v) is 8.19. The molecule has 112 valence electrons. The summed E-state index contributed by atoms with van der Waals surface area (Å²) in [5, 5.41) is 11.2. The summed E-state index contributed by atoms with van der Waals surface area (Å²) < 4.78 is 0. The molecule has 0 heterocycles. The number of hydrogen-bond donors (Lipinski definition) is 1. The molecule has 0 amide bonds.